The van der Waals surface area contributed by atoms with Crippen molar-refractivity contribution in [1.29, 1.82) is 0 Å². The zero-order chi connectivity index (χ0) is 7.68. The van der Waals surface area contributed by atoms with Gasteiger partial charge in [-0.15, -0.1) is 0 Å². The summed E-state index contributed by atoms with van der Waals surface area (Å²) >= 11 is 0. The van der Waals surface area contributed by atoms with Crippen molar-refractivity contribution >= 4 is 0 Å². The maximum absolute atomic E-state index is 8.83. The summed E-state index contributed by atoms with van der Waals surface area (Å²) in [6.07, 6.45) is 3.79. The number of hydrogen-bond donors (Lipinski definition) is 1. The van der Waals surface area contributed by atoms with Crippen molar-refractivity contribution in [2.45, 2.75) is 19.3 Å². The van der Waals surface area contributed by atoms with Crippen LogP contribution in [0.25, 0.3) is 0 Å². The Hall–Kier alpha value is -0.0800. The molecule has 3 fully saturated rings. The number of aliphatic hydroxyl groups is 1. The monoisotopic (exact) mass is 155 g/mol. The molecule has 0 unspecified atom stereocenters. The molecule has 0 aromatic heterocycles. The Labute approximate surface area is 68.2 Å². The molecule has 2 bridgehead atoms. The number of nitrogens with zero attached hydrogens (tertiary/aromatic N) is 1. The first-order chi connectivity index (χ1) is 5.40. The minimum atomic E-state index is 0.384. The molecule has 3 aliphatic rings. The van der Waals surface area contributed by atoms with E-state index in [0.717, 1.165) is 18.3 Å². The predicted molar refractivity (Wildman–Crippen MR) is 44.4 cm³/mol. The highest BCUT2D eigenvalue weighted by molar-refractivity contribution is 4.86. The number of hydrogen-bond acceptors (Lipinski definition) is 2. The zero-order valence-corrected chi connectivity index (χ0v) is 7.00. The lowest BCUT2D eigenvalue weighted by Gasteiger charge is -2.44. The van der Waals surface area contributed by atoms with Gasteiger partial charge in [-0.3, -0.25) is 0 Å². The van der Waals surface area contributed by atoms with Gasteiger partial charge < -0.3 is 10.0 Å². The number of piperidine rings is 3. The Morgan fingerprint density at radius 1 is 1.27 bits per heavy atom. The highest BCUT2D eigenvalue weighted by Gasteiger charge is 2.33. The van der Waals surface area contributed by atoms with Crippen LogP contribution in [0.15, 0.2) is 0 Å². The predicted octanol–water partition coefficient (Wildman–Crippen LogP) is 0.711. The second kappa shape index (κ2) is 3.11. The molecule has 64 valence electrons. The Morgan fingerprint density at radius 3 is 2.45 bits per heavy atom. The molecule has 1 N–H and O–H groups in total. The van der Waals surface area contributed by atoms with Crippen LogP contribution >= 0.6 is 0 Å². The summed E-state index contributed by atoms with van der Waals surface area (Å²) in [4.78, 5) is 2.54. The zero-order valence-electron chi connectivity index (χ0n) is 7.00. The van der Waals surface area contributed by atoms with Gasteiger partial charge in [-0.05, 0) is 44.2 Å². The molecule has 1 atom stereocenters. The van der Waals surface area contributed by atoms with Crippen LogP contribution in [0.2, 0.25) is 0 Å². The Kier molecular flexibility index (Phi) is 2.14. The summed E-state index contributed by atoms with van der Waals surface area (Å²) in [6, 6.07) is 0. The number of aliphatic hydroxyl groups excluding tert-OH is 1. The smallest absolute Gasteiger partial charge is 0.0434 e. The van der Waals surface area contributed by atoms with Crippen molar-refractivity contribution in [2.75, 3.05) is 26.2 Å². The fourth-order valence-corrected chi connectivity index (χ4v) is 2.58. The Bertz CT molecular complexity index is 130. The van der Waals surface area contributed by atoms with E-state index in [1.165, 1.54) is 32.5 Å². The first-order valence-electron chi connectivity index (χ1n) is 4.73. The molecule has 0 aliphatic carbocycles. The lowest BCUT2D eigenvalue weighted by atomic mass is 9.78. The summed E-state index contributed by atoms with van der Waals surface area (Å²) in [5.41, 5.74) is 0. The lowest BCUT2D eigenvalue weighted by molar-refractivity contribution is 0.0378. The quantitative estimate of drug-likeness (QED) is 0.635. The van der Waals surface area contributed by atoms with E-state index in [0.29, 0.717) is 6.61 Å². The molecular formula is C9H17NO. The molecule has 0 aromatic carbocycles. The molecule has 0 saturated carbocycles. The first kappa shape index (κ1) is 7.56. The summed E-state index contributed by atoms with van der Waals surface area (Å²) < 4.78 is 0. The molecule has 0 amide bonds. The molecular weight excluding hydrogens is 138 g/mol. The lowest BCUT2D eigenvalue weighted by Crippen LogP contribution is -2.47. The summed E-state index contributed by atoms with van der Waals surface area (Å²) in [7, 11) is 0. The molecule has 0 spiro atoms. The minimum Gasteiger partial charge on any atom is -0.396 e. The van der Waals surface area contributed by atoms with Crippen LogP contribution < -0.4 is 0 Å². The van der Waals surface area contributed by atoms with E-state index in [-0.39, 0.29) is 0 Å². The maximum atomic E-state index is 8.83. The third-order valence-electron chi connectivity index (χ3n) is 3.29. The summed E-state index contributed by atoms with van der Waals surface area (Å²) in [6.45, 7) is 4.26. The van der Waals surface area contributed by atoms with Gasteiger partial charge in [0.15, 0.2) is 0 Å². The highest BCUT2D eigenvalue weighted by Crippen LogP contribution is 2.33. The SMILES string of the molecule is OCC[C@@H]1CN2CCC1CC2. The van der Waals surface area contributed by atoms with E-state index in [4.69, 9.17) is 5.11 Å². The van der Waals surface area contributed by atoms with Crippen molar-refractivity contribution in [3.05, 3.63) is 0 Å². The molecule has 0 radical (unpaired) electrons. The fraction of sp³-hybridized carbons (Fsp3) is 1.00. The number of rotatable bonds is 2. The van der Waals surface area contributed by atoms with E-state index in [9.17, 15) is 0 Å². The largest absolute Gasteiger partial charge is 0.396 e. The van der Waals surface area contributed by atoms with E-state index in [2.05, 4.69) is 4.90 Å². The van der Waals surface area contributed by atoms with Crippen LogP contribution in [0.3, 0.4) is 0 Å². The van der Waals surface area contributed by atoms with E-state index in [1.54, 1.807) is 0 Å². The van der Waals surface area contributed by atoms with Crippen molar-refractivity contribution in [3.63, 3.8) is 0 Å². The summed E-state index contributed by atoms with van der Waals surface area (Å²) in [5, 5.41) is 8.83. The molecule has 3 rings (SSSR count). The normalized spacial score (nSPS) is 42.8. The van der Waals surface area contributed by atoms with Gasteiger partial charge in [-0.1, -0.05) is 0 Å². The average Bonchev–Trinajstić information content (AvgIpc) is 2.07. The van der Waals surface area contributed by atoms with Crippen LogP contribution in [0.1, 0.15) is 19.3 Å². The van der Waals surface area contributed by atoms with Gasteiger partial charge in [0.1, 0.15) is 0 Å². The van der Waals surface area contributed by atoms with Gasteiger partial charge in [-0.2, -0.15) is 0 Å². The molecule has 0 aromatic rings. The van der Waals surface area contributed by atoms with Crippen molar-refractivity contribution in [3.8, 4) is 0 Å². The van der Waals surface area contributed by atoms with Gasteiger partial charge in [0.2, 0.25) is 0 Å². The third kappa shape index (κ3) is 1.42. The number of fused-ring (bicyclic) bond motifs is 3. The summed E-state index contributed by atoms with van der Waals surface area (Å²) in [5.74, 6) is 1.75. The minimum absolute atomic E-state index is 0.384. The van der Waals surface area contributed by atoms with E-state index in [1.807, 2.05) is 0 Å². The van der Waals surface area contributed by atoms with Crippen molar-refractivity contribution < 1.29 is 5.11 Å². The van der Waals surface area contributed by atoms with Gasteiger partial charge >= 0.3 is 0 Å². The van der Waals surface area contributed by atoms with Gasteiger partial charge in [0.25, 0.3) is 0 Å². The highest BCUT2D eigenvalue weighted by atomic mass is 16.3. The topological polar surface area (TPSA) is 23.5 Å². The molecule has 3 saturated heterocycles. The fourth-order valence-electron chi connectivity index (χ4n) is 2.58. The van der Waals surface area contributed by atoms with Gasteiger partial charge in [0.05, 0.1) is 0 Å². The molecule has 11 heavy (non-hydrogen) atoms. The van der Waals surface area contributed by atoms with Crippen molar-refractivity contribution in [1.82, 2.24) is 4.90 Å². The van der Waals surface area contributed by atoms with Gasteiger partial charge in [-0.25, -0.2) is 0 Å². The van der Waals surface area contributed by atoms with Crippen molar-refractivity contribution in [2.24, 2.45) is 11.8 Å². The van der Waals surface area contributed by atoms with Gasteiger partial charge in [0, 0.05) is 13.2 Å². The third-order valence-corrected chi connectivity index (χ3v) is 3.29. The Balaban J connectivity index is 1.92. The van der Waals surface area contributed by atoms with Crippen LogP contribution in [-0.4, -0.2) is 36.2 Å². The maximum Gasteiger partial charge on any atom is 0.0434 e. The molecule has 3 heterocycles. The first-order valence-corrected chi connectivity index (χ1v) is 4.73. The average molecular weight is 155 g/mol. The second-order valence-electron chi connectivity index (χ2n) is 3.91. The standard InChI is InChI=1S/C9H17NO/c11-6-3-9-7-10-4-1-8(9)2-5-10/h8-9,11H,1-7H2/t9-/m1/s1. The second-order valence-corrected chi connectivity index (χ2v) is 3.91. The molecule has 2 heteroatoms. The molecule has 2 nitrogen and oxygen atoms in total. The van der Waals surface area contributed by atoms with Crippen LogP contribution in [-0.2, 0) is 0 Å². The van der Waals surface area contributed by atoms with Crippen LogP contribution in [0.4, 0.5) is 0 Å². The van der Waals surface area contributed by atoms with Crippen LogP contribution in [0.5, 0.6) is 0 Å². The molecule has 3 aliphatic heterocycles. The van der Waals surface area contributed by atoms with E-state index >= 15 is 0 Å². The Morgan fingerprint density at radius 2 is 2.00 bits per heavy atom. The van der Waals surface area contributed by atoms with E-state index < -0.39 is 0 Å². The van der Waals surface area contributed by atoms with Crippen LogP contribution in [0, 0.1) is 11.8 Å².